The highest BCUT2D eigenvalue weighted by Crippen LogP contribution is 2.39. The number of ketones is 1. The van der Waals surface area contributed by atoms with E-state index in [0.29, 0.717) is 34.6 Å². The number of methoxy groups -OCH3 is 1. The Balaban J connectivity index is 1.63. The number of carbonyl (C=O) groups excluding carboxylic acids is 2. The minimum absolute atomic E-state index is 0.0249. The zero-order valence-electron chi connectivity index (χ0n) is 27.9. The normalized spacial score (nSPS) is 11.5. The van der Waals surface area contributed by atoms with Gasteiger partial charge in [0, 0.05) is 48.4 Å². The van der Waals surface area contributed by atoms with Crippen molar-refractivity contribution in [2.45, 2.75) is 39.9 Å². The zero-order valence-corrected chi connectivity index (χ0v) is 28.7. The third-order valence-electron chi connectivity index (χ3n) is 8.01. The highest BCUT2D eigenvalue weighted by molar-refractivity contribution is 7.22. The molecule has 0 fully saturated rings. The van der Waals surface area contributed by atoms with E-state index in [1.165, 1.54) is 42.8 Å². The maximum Gasteiger partial charge on any atom is 0.226 e. The first-order valence-corrected chi connectivity index (χ1v) is 16.7. The Morgan fingerprint density at radius 3 is 2.29 bits per heavy atom. The van der Waals surface area contributed by atoms with Crippen LogP contribution in [0.5, 0.6) is 0 Å². The van der Waals surface area contributed by atoms with Gasteiger partial charge in [0.2, 0.25) is 11.3 Å². The summed E-state index contributed by atoms with van der Waals surface area (Å²) in [7, 11) is 3.46. The first-order valence-electron chi connectivity index (χ1n) is 15.9. The maximum atomic E-state index is 14.9. The van der Waals surface area contributed by atoms with Gasteiger partial charge in [0.1, 0.15) is 23.3 Å². The number of benzene rings is 3. The predicted molar refractivity (Wildman–Crippen MR) is 189 cm³/mol. The molecule has 8 nitrogen and oxygen atoms in total. The average molecular weight is 688 g/mol. The van der Waals surface area contributed by atoms with Gasteiger partial charge in [0.15, 0.2) is 5.78 Å². The quantitative estimate of drug-likeness (QED) is 0.0698. The monoisotopic (exact) mass is 687 g/mol. The lowest BCUT2D eigenvalue weighted by molar-refractivity contribution is -0.118. The smallest absolute Gasteiger partial charge is 0.226 e. The Bertz CT molecular complexity index is 1970. The number of hydrogen-bond acceptors (Lipinski definition) is 7. The van der Waals surface area contributed by atoms with E-state index in [1.807, 2.05) is 49.5 Å². The van der Waals surface area contributed by atoms with Gasteiger partial charge >= 0.3 is 0 Å². The fourth-order valence-corrected chi connectivity index (χ4v) is 6.88. The lowest BCUT2D eigenvalue weighted by Crippen LogP contribution is -2.24. The van der Waals surface area contributed by atoms with E-state index in [2.05, 4.69) is 10.2 Å². The van der Waals surface area contributed by atoms with Crippen molar-refractivity contribution in [2.75, 3.05) is 32.9 Å². The summed E-state index contributed by atoms with van der Waals surface area (Å²) in [6, 6.07) is 20.9. The molecule has 2 heterocycles. The number of anilines is 1. The van der Waals surface area contributed by atoms with Crippen LogP contribution in [0.2, 0.25) is 0 Å². The van der Waals surface area contributed by atoms with Crippen molar-refractivity contribution in [1.29, 1.82) is 0 Å². The molecular weight excluding hydrogens is 648 g/mol. The number of nitrogens with one attached hydrogen (secondary N) is 1. The molecule has 0 aliphatic rings. The van der Waals surface area contributed by atoms with Crippen molar-refractivity contribution >= 4 is 38.9 Å². The molecule has 3 aromatic carbocycles. The Morgan fingerprint density at radius 1 is 0.939 bits per heavy atom. The van der Waals surface area contributed by atoms with Crippen LogP contribution in [0, 0.1) is 17.6 Å². The van der Waals surface area contributed by atoms with Crippen LogP contribution in [0.3, 0.4) is 0 Å². The minimum Gasteiger partial charge on any atom is -0.359 e. The molecule has 0 aliphatic carbocycles. The number of halogens is 2. The van der Waals surface area contributed by atoms with Gasteiger partial charge in [0.25, 0.3) is 0 Å². The van der Waals surface area contributed by atoms with Crippen molar-refractivity contribution in [3.8, 4) is 10.4 Å². The number of fused-ring (bicyclic) bond motifs is 1. The van der Waals surface area contributed by atoms with Gasteiger partial charge in [-0.05, 0) is 48.0 Å². The summed E-state index contributed by atoms with van der Waals surface area (Å²) < 4.78 is 41.5. The lowest BCUT2D eigenvalue weighted by Gasteiger charge is -2.18. The summed E-state index contributed by atoms with van der Waals surface area (Å²) in [5.41, 5.74) is 2.56. The minimum atomic E-state index is -0.717. The van der Waals surface area contributed by atoms with Gasteiger partial charge in [-0.1, -0.05) is 62.4 Å². The number of ether oxygens (including phenoxy) is 2. The molecule has 1 N–H and O–H groups in total. The summed E-state index contributed by atoms with van der Waals surface area (Å²) in [6.07, 6.45) is 1.59. The maximum absolute atomic E-state index is 14.9. The van der Waals surface area contributed by atoms with Crippen LogP contribution in [0.15, 0.2) is 83.8 Å². The molecule has 1 amide bonds. The summed E-state index contributed by atoms with van der Waals surface area (Å²) in [5, 5.41) is 3.20. The number of aromatic nitrogens is 1. The van der Waals surface area contributed by atoms with E-state index in [4.69, 9.17) is 9.47 Å². The molecule has 49 heavy (non-hydrogen) atoms. The first kappa shape index (κ1) is 35.7. The van der Waals surface area contributed by atoms with Crippen LogP contribution in [0.1, 0.15) is 47.3 Å². The third kappa shape index (κ3) is 8.55. The van der Waals surface area contributed by atoms with Crippen LogP contribution in [-0.2, 0) is 33.9 Å². The number of thiophene rings is 1. The number of rotatable bonds is 15. The average Bonchev–Trinajstić information content (AvgIpc) is 3.45. The highest BCUT2D eigenvalue weighted by atomic mass is 32.1. The van der Waals surface area contributed by atoms with Crippen LogP contribution in [0.25, 0.3) is 20.7 Å². The van der Waals surface area contributed by atoms with E-state index < -0.39 is 23.0 Å². The lowest BCUT2D eigenvalue weighted by atomic mass is 9.99. The number of carbonyl (C=O) groups is 2. The molecule has 5 aromatic rings. The van der Waals surface area contributed by atoms with E-state index in [0.717, 1.165) is 16.0 Å². The van der Waals surface area contributed by atoms with E-state index in [1.54, 1.807) is 30.5 Å². The Labute approximate surface area is 287 Å². The molecule has 0 atom stereocenters. The van der Waals surface area contributed by atoms with Gasteiger partial charge in [-0.3, -0.25) is 19.3 Å². The summed E-state index contributed by atoms with van der Waals surface area (Å²) >= 11 is 1.33. The van der Waals surface area contributed by atoms with Crippen molar-refractivity contribution in [3.63, 3.8) is 0 Å². The second kappa shape index (κ2) is 16.2. The van der Waals surface area contributed by atoms with Crippen molar-refractivity contribution in [1.82, 2.24) is 9.47 Å². The fraction of sp³-hybridized carbons (Fsp3) is 0.289. The second-order valence-electron chi connectivity index (χ2n) is 12.2. The molecule has 0 saturated heterocycles. The van der Waals surface area contributed by atoms with Crippen LogP contribution in [-0.4, -0.2) is 48.7 Å². The van der Waals surface area contributed by atoms with Crippen molar-refractivity contribution in [3.05, 3.63) is 123 Å². The molecule has 0 aliphatic heterocycles. The number of nitrogens with zero attached hydrogens (tertiary/aromatic N) is 2. The van der Waals surface area contributed by atoms with Crippen molar-refractivity contribution in [2.24, 2.45) is 5.92 Å². The number of pyridine rings is 1. The SMILES string of the molecule is COCOCCC(=O)Nc1ccc(-c2sc3c(c2CN(C)Cc2ccccc2)c(=O)c(C(=O)C(C)C)cn3Cc2c(F)cccc2F)cc1. The Hall–Kier alpha value is -4.55. The molecule has 0 spiro atoms. The van der Waals surface area contributed by atoms with Gasteiger partial charge in [-0.15, -0.1) is 11.3 Å². The van der Waals surface area contributed by atoms with Crippen LogP contribution < -0.4 is 10.7 Å². The second-order valence-corrected chi connectivity index (χ2v) is 13.2. The summed E-state index contributed by atoms with van der Waals surface area (Å²) in [5.74, 6) is -2.47. The predicted octanol–water partition coefficient (Wildman–Crippen LogP) is 7.48. The fourth-order valence-electron chi connectivity index (χ4n) is 5.59. The molecule has 5 rings (SSSR count). The standard InChI is InChI=1S/C38H39F2N3O5S/c1-24(2)35(45)30-22-43(21-28-31(39)11-8-12-32(28)40)38-34(36(30)46)29(20-42(3)19-25-9-6-5-7-10-25)37(49-38)26-13-15-27(16-14-26)41-33(44)17-18-48-23-47-4/h5-16,22,24H,17-21,23H2,1-4H3,(H,41,44). The van der Waals surface area contributed by atoms with E-state index >= 15 is 0 Å². The molecule has 0 unspecified atom stereocenters. The molecule has 0 saturated carbocycles. The van der Waals surface area contributed by atoms with Gasteiger partial charge in [-0.25, -0.2) is 8.78 Å². The van der Waals surface area contributed by atoms with Crippen molar-refractivity contribution < 1.29 is 27.8 Å². The number of Topliss-reactive ketones (excluding diaryl/α,β-unsaturated/α-hetero) is 1. The molecule has 0 bridgehead atoms. The van der Waals surface area contributed by atoms with E-state index in [9.17, 15) is 23.2 Å². The summed E-state index contributed by atoms with van der Waals surface area (Å²) in [6.45, 7) is 4.48. The van der Waals surface area contributed by atoms with Crippen LogP contribution >= 0.6 is 11.3 Å². The van der Waals surface area contributed by atoms with Gasteiger partial charge in [-0.2, -0.15) is 0 Å². The first-order chi connectivity index (χ1) is 23.6. The molecular formula is C38H39F2N3O5S. The van der Waals surface area contributed by atoms with Crippen LogP contribution in [0.4, 0.5) is 14.5 Å². The summed E-state index contributed by atoms with van der Waals surface area (Å²) in [4.78, 5) is 43.4. The van der Waals surface area contributed by atoms with Gasteiger partial charge in [0.05, 0.1) is 30.5 Å². The molecule has 2 aromatic heterocycles. The number of amides is 1. The van der Waals surface area contributed by atoms with E-state index in [-0.39, 0.29) is 49.2 Å². The Kier molecular flexibility index (Phi) is 11.8. The highest BCUT2D eigenvalue weighted by Gasteiger charge is 2.26. The van der Waals surface area contributed by atoms with Gasteiger partial charge < -0.3 is 19.4 Å². The topological polar surface area (TPSA) is 89.9 Å². The Morgan fingerprint density at radius 2 is 1.63 bits per heavy atom. The number of hydrogen-bond donors (Lipinski definition) is 1. The molecule has 0 radical (unpaired) electrons. The molecule has 256 valence electrons. The third-order valence-corrected chi connectivity index (χ3v) is 9.33. The molecule has 11 heteroatoms. The largest absolute Gasteiger partial charge is 0.359 e. The zero-order chi connectivity index (χ0) is 35.1.